The Morgan fingerprint density at radius 2 is 2.00 bits per heavy atom. The highest BCUT2D eigenvalue weighted by Gasteiger charge is 2.48. The van der Waals surface area contributed by atoms with E-state index in [0.29, 0.717) is 5.69 Å². The topological polar surface area (TPSA) is 67.2 Å². The average Bonchev–Trinajstić information content (AvgIpc) is 2.74. The van der Waals surface area contributed by atoms with Gasteiger partial charge >= 0.3 is 6.18 Å². The molecule has 0 unspecified atom stereocenters. The van der Waals surface area contributed by atoms with Crippen LogP contribution in [-0.2, 0) is 11.8 Å². The number of piperidine rings is 1. The molecule has 6 nitrogen and oxygen atoms in total. The second-order valence-corrected chi connectivity index (χ2v) is 5.78. The minimum absolute atomic E-state index is 0.0974. The number of likely N-dealkylation sites (tertiary alicyclic amines) is 1. The molecule has 0 bridgehead atoms. The third kappa shape index (κ3) is 3.83. The molecule has 0 aliphatic carbocycles. The second kappa shape index (κ2) is 6.21. The van der Waals surface area contributed by atoms with Crippen molar-refractivity contribution in [3.8, 4) is 0 Å². The average molecular weight is 332 g/mol. The Bertz CT molecular complexity index is 612. The molecule has 1 aromatic rings. The van der Waals surface area contributed by atoms with E-state index >= 15 is 0 Å². The fourth-order valence-electron chi connectivity index (χ4n) is 2.90. The number of nitrogens with zero attached hydrogens (tertiary/aromatic N) is 3. The molecular formula is C14H19F3N4O2. The number of aryl methyl sites for hydroxylation is 2. The molecule has 2 amide bonds. The summed E-state index contributed by atoms with van der Waals surface area (Å²) >= 11 is 0. The summed E-state index contributed by atoms with van der Waals surface area (Å²) in [5.41, 5.74) is 0.648. The normalized spacial score (nSPS) is 22.1. The number of aromatic nitrogens is 2. The lowest BCUT2D eigenvalue weighted by Gasteiger charge is -2.40. The molecule has 1 aromatic heterocycles. The predicted molar refractivity (Wildman–Crippen MR) is 75.7 cm³/mol. The van der Waals surface area contributed by atoms with Gasteiger partial charge < -0.3 is 10.2 Å². The van der Waals surface area contributed by atoms with E-state index in [1.54, 1.807) is 6.92 Å². The van der Waals surface area contributed by atoms with Crippen molar-refractivity contribution in [2.24, 2.45) is 7.05 Å². The smallest absolute Gasteiger partial charge is 0.352 e. The predicted octanol–water partition coefficient (Wildman–Crippen LogP) is 1.40. The van der Waals surface area contributed by atoms with E-state index in [4.69, 9.17) is 0 Å². The van der Waals surface area contributed by atoms with Gasteiger partial charge in [-0.05, 0) is 25.8 Å². The quantitative estimate of drug-likeness (QED) is 0.890. The van der Waals surface area contributed by atoms with Gasteiger partial charge in [0.05, 0.1) is 5.69 Å². The minimum atomic E-state index is -4.51. The lowest BCUT2D eigenvalue weighted by atomic mass is 9.97. The molecule has 0 saturated carbocycles. The first-order valence-corrected chi connectivity index (χ1v) is 7.25. The third-order valence-corrected chi connectivity index (χ3v) is 3.85. The number of halogens is 3. The van der Waals surface area contributed by atoms with Gasteiger partial charge in [0.1, 0.15) is 11.7 Å². The van der Waals surface area contributed by atoms with Crippen molar-refractivity contribution < 1.29 is 22.8 Å². The van der Waals surface area contributed by atoms with Crippen LogP contribution in [0.15, 0.2) is 6.07 Å². The summed E-state index contributed by atoms with van der Waals surface area (Å²) in [5, 5.41) is 6.59. The first-order valence-electron chi connectivity index (χ1n) is 7.25. The van der Waals surface area contributed by atoms with Crippen LogP contribution in [0, 0.1) is 6.92 Å². The minimum Gasteiger partial charge on any atom is -0.352 e. The summed E-state index contributed by atoms with van der Waals surface area (Å²) in [7, 11) is 1.51. The van der Waals surface area contributed by atoms with Gasteiger partial charge in [-0.3, -0.25) is 14.3 Å². The van der Waals surface area contributed by atoms with Gasteiger partial charge in [0.25, 0.3) is 5.91 Å². The van der Waals surface area contributed by atoms with E-state index in [2.05, 4.69) is 10.4 Å². The number of rotatable bonds is 2. The maximum Gasteiger partial charge on any atom is 0.408 e. The van der Waals surface area contributed by atoms with Crippen LogP contribution in [0.2, 0.25) is 0 Å². The van der Waals surface area contributed by atoms with Crippen molar-refractivity contribution >= 4 is 11.8 Å². The van der Waals surface area contributed by atoms with Crippen LogP contribution < -0.4 is 5.32 Å². The number of hydrogen-bond donors (Lipinski definition) is 1. The van der Waals surface area contributed by atoms with Crippen LogP contribution >= 0.6 is 0 Å². The zero-order chi connectivity index (χ0) is 17.4. The summed E-state index contributed by atoms with van der Waals surface area (Å²) < 4.78 is 41.0. The van der Waals surface area contributed by atoms with E-state index in [-0.39, 0.29) is 31.0 Å². The molecule has 1 N–H and O–H groups in total. The molecule has 1 aliphatic rings. The van der Waals surface area contributed by atoms with Crippen molar-refractivity contribution in [2.75, 3.05) is 6.54 Å². The first kappa shape index (κ1) is 17.3. The summed E-state index contributed by atoms with van der Waals surface area (Å²) in [6.07, 6.45) is -4.57. The summed E-state index contributed by atoms with van der Waals surface area (Å²) in [6, 6.07) is -0.878. The summed E-state index contributed by atoms with van der Waals surface area (Å²) in [6.45, 7) is 2.79. The molecule has 0 spiro atoms. The largest absolute Gasteiger partial charge is 0.408 e. The Balaban J connectivity index is 2.29. The third-order valence-electron chi connectivity index (χ3n) is 3.85. The molecule has 0 radical (unpaired) electrons. The van der Waals surface area contributed by atoms with Crippen molar-refractivity contribution in [1.29, 1.82) is 0 Å². The molecule has 2 rings (SSSR count). The van der Waals surface area contributed by atoms with Crippen LogP contribution in [0.5, 0.6) is 0 Å². The number of amides is 2. The maximum absolute atomic E-state index is 13.3. The molecule has 2 heterocycles. The molecule has 9 heteroatoms. The second-order valence-electron chi connectivity index (χ2n) is 5.78. The number of nitrogens with one attached hydrogen (secondary N) is 1. The van der Waals surface area contributed by atoms with Crippen LogP contribution in [0.4, 0.5) is 13.2 Å². The highest BCUT2D eigenvalue weighted by Crippen LogP contribution is 2.33. The van der Waals surface area contributed by atoms with Gasteiger partial charge in [0.15, 0.2) is 0 Å². The van der Waals surface area contributed by atoms with E-state index in [9.17, 15) is 22.8 Å². The Hall–Kier alpha value is -2.06. The van der Waals surface area contributed by atoms with Crippen LogP contribution in [-0.4, -0.2) is 51.3 Å². The molecule has 1 aliphatic heterocycles. The zero-order valence-electron chi connectivity index (χ0n) is 13.1. The van der Waals surface area contributed by atoms with E-state index < -0.39 is 24.2 Å². The van der Waals surface area contributed by atoms with Crippen LogP contribution in [0.25, 0.3) is 0 Å². The lowest BCUT2D eigenvalue weighted by molar-refractivity contribution is -0.184. The van der Waals surface area contributed by atoms with Crippen molar-refractivity contribution in [2.45, 2.75) is 44.9 Å². The SMILES string of the molecule is CC(=O)N[C@@H]1CC[C@@H](C(F)(F)F)N(C(=O)c2cc(C)nn2C)C1. The Labute approximate surface area is 131 Å². The standard InChI is InChI=1S/C14H19F3N4O2/c1-8-6-11(20(3)19-8)13(23)21-7-10(18-9(2)22)4-5-12(21)14(15,16)17/h6,10,12H,4-5,7H2,1-3H3,(H,18,22)/t10-,12+/m1/s1. The fourth-order valence-corrected chi connectivity index (χ4v) is 2.90. The number of carbonyl (C=O) groups excluding carboxylic acids is 2. The summed E-state index contributed by atoms with van der Waals surface area (Å²) in [4.78, 5) is 24.5. The highest BCUT2D eigenvalue weighted by atomic mass is 19.4. The molecule has 23 heavy (non-hydrogen) atoms. The van der Waals surface area contributed by atoms with Gasteiger partial charge in [-0.1, -0.05) is 0 Å². The maximum atomic E-state index is 13.3. The molecule has 2 atom stereocenters. The molecule has 0 aromatic carbocycles. The van der Waals surface area contributed by atoms with Gasteiger partial charge in [-0.25, -0.2) is 0 Å². The van der Waals surface area contributed by atoms with E-state index in [1.807, 2.05) is 0 Å². The van der Waals surface area contributed by atoms with Gasteiger partial charge in [-0.2, -0.15) is 18.3 Å². The highest BCUT2D eigenvalue weighted by molar-refractivity contribution is 5.93. The van der Waals surface area contributed by atoms with Crippen molar-refractivity contribution in [3.05, 3.63) is 17.5 Å². The van der Waals surface area contributed by atoms with Crippen molar-refractivity contribution in [1.82, 2.24) is 20.0 Å². The van der Waals surface area contributed by atoms with E-state index in [1.165, 1.54) is 24.7 Å². The fraction of sp³-hybridized carbons (Fsp3) is 0.643. The Kier molecular flexibility index (Phi) is 4.67. The van der Waals surface area contributed by atoms with Gasteiger partial charge in [0.2, 0.25) is 5.91 Å². The van der Waals surface area contributed by atoms with Gasteiger partial charge in [-0.15, -0.1) is 0 Å². The Morgan fingerprint density at radius 1 is 1.35 bits per heavy atom. The zero-order valence-corrected chi connectivity index (χ0v) is 13.1. The van der Waals surface area contributed by atoms with Crippen molar-refractivity contribution in [3.63, 3.8) is 0 Å². The molecule has 128 valence electrons. The van der Waals surface area contributed by atoms with Crippen LogP contribution in [0.1, 0.15) is 35.9 Å². The summed E-state index contributed by atoms with van der Waals surface area (Å²) in [5.74, 6) is -1.06. The van der Waals surface area contributed by atoms with Crippen LogP contribution in [0.3, 0.4) is 0 Å². The first-order chi connectivity index (χ1) is 10.6. The molecule has 1 fully saturated rings. The number of hydrogen-bond acceptors (Lipinski definition) is 3. The Morgan fingerprint density at radius 3 is 2.48 bits per heavy atom. The number of carbonyl (C=O) groups is 2. The van der Waals surface area contributed by atoms with Gasteiger partial charge in [0, 0.05) is 26.6 Å². The lowest BCUT2D eigenvalue weighted by Crippen LogP contribution is -2.58. The molecular weight excluding hydrogens is 313 g/mol. The number of alkyl halides is 3. The molecule has 1 saturated heterocycles. The van der Waals surface area contributed by atoms with E-state index in [0.717, 1.165) is 4.90 Å². The monoisotopic (exact) mass is 332 g/mol.